The van der Waals surface area contributed by atoms with Gasteiger partial charge in [0.2, 0.25) is 5.91 Å². The molecule has 3 rings (SSSR count). The number of carbonyl (C=O) groups excluding carboxylic acids is 1. The normalized spacial score (nSPS) is 21.2. The van der Waals surface area contributed by atoms with Crippen LogP contribution in [0.3, 0.4) is 0 Å². The van der Waals surface area contributed by atoms with E-state index in [1.54, 1.807) is 0 Å². The summed E-state index contributed by atoms with van der Waals surface area (Å²) in [5.74, 6) is 0.415. The molecule has 4 N–H and O–H groups in total. The fourth-order valence-corrected chi connectivity index (χ4v) is 2.98. The quantitative estimate of drug-likeness (QED) is 0.698. The Kier molecular flexibility index (Phi) is 5.86. The van der Waals surface area contributed by atoms with E-state index in [2.05, 4.69) is 5.32 Å². The van der Waals surface area contributed by atoms with Crippen molar-refractivity contribution in [2.45, 2.75) is 18.6 Å². The van der Waals surface area contributed by atoms with Crippen LogP contribution in [-0.4, -0.2) is 49.5 Å². The van der Waals surface area contributed by atoms with E-state index in [0.29, 0.717) is 19.6 Å². The second-order valence-corrected chi connectivity index (χ2v) is 6.31. The Morgan fingerprint density at radius 2 is 2.12 bits per heavy atom. The molecule has 2 aromatic carbocycles. The Morgan fingerprint density at radius 3 is 2.92 bits per heavy atom. The molecule has 0 spiro atoms. The molecule has 1 heterocycles. The summed E-state index contributed by atoms with van der Waals surface area (Å²) >= 11 is 0. The molecular weight excluding hydrogens is 320 g/mol. The minimum atomic E-state index is -0.782. The van der Waals surface area contributed by atoms with Crippen molar-refractivity contribution in [3.8, 4) is 5.75 Å². The predicted molar refractivity (Wildman–Crippen MR) is 95.4 cm³/mol. The van der Waals surface area contributed by atoms with Gasteiger partial charge in [-0.05, 0) is 17.9 Å². The SMILES string of the molecule is NCC1CC(C(=O)NCC(O)COc2cccc3ccccc23)CO1. The topological polar surface area (TPSA) is 93.8 Å². The first-order chi connectivity index (χ1) is 12.2. The van der Waals surface area contributed by atoms with Gasteiger partial charge in [0.15, 0.2) is 0 Å². The number of aliphatic hydroxyl groups is 1. The first-order valence-corrected chi connectivity index (χ1v) is 8.55. The van der Waals surface area contributed by atoms with Crippen LogP contribution in [0.1, 0.15) is 6.42 Å². The summed E-state index contributed by atoms with van der Waals surface area (Å²) in [4.78, 5) is 12.1. The molecule has 6 nitrogen and oxygen atoms in total. The summed E-state index contributed by atoms with van der Waals surface area (Å²) in [6.07, 6.45) is -0.198. The smallest absolute Gasteiger partial charge is 0.225 e. The Labute approximate surface area is 146 Å². The highest BCUT2D eigenvalue weighted by atomic mass is 16.5. The average molecular weight is 344 g/mol. The number of nitrogens with two attached hydrogens (primary N) is 1. The van der Waals surface area contributed by atoms with Gasteiger partial charge in [-0.1, -0.05) is 36.4 Å². The number of nitrogens with one attached hydrogen (secondary N) is 1. The van der Waals surface area contributed by atoms with Crippen LogP contribution in [0.25, 0.3) is 10.8 Å². The molecule has 1 fully saturated rings. The van der Waals surface area contributed by atoms with Crippen molar-refractivity contribution < 1.29 is 19.4 Å². The molecule has 2 aromatic rings. The van der Waals surface area contributed by atoms with E-state index in [1.807, 2.05) is 42.5 Å². The van der Waals surface area contributed by atoms with Crippen molar-refractivity contribution in [3.05, 3.63) is 42.5 Å². The highest BCUT2D eigenvalue weighted by Gasteiger charge is 2.30. The molecule has 1 aliphatic heterocycles. The number of fused-ring (bicyclic) bond motifs is 1. The van der Waals surface area contributed by atoms with E-state index in [1.165, 1.54) is 0 Å². The number of carbonyl (C=O) groups is 1. The maximum atomic E-state index is 12.1. The molecule has 1 amide bonds. The molecule has 1 aliphatic rings. The summed E-state index contributed by atoms with van der Waals surface area (Å²) in [5, 5.41) is 14.9. The molecular formula is C19H24N2O4. The number of hydrogen-bond donors (Lipinski definition) is 3. The lowest BCUT2D eigenvalue weighted by molar-refractivity contribution is -0.125. The van der Waals surface area contributed by atoms with Crippen molar-refractivity contribution in [3.63, 3.8) is 0 Å². The fraction of sp³-hybridized carbons (Fsp3) is 0.421. The minimum absolute atomic E-state index is 0.0460. The second-order valence-electron chi connectivity index (χ2n) is 6.31. The van der Waals surface area contributed by atoms with Crippen molar-refractivity contribution >= 4 is 16.7 Å². The third-order valence-corrected chi connectivity index (χ3v) is 4.41. The van der Waals surface area contributed by atoms with E-state index in [9.17, 15) is 9.90 Å². The zero-order valence-electron chi connectivity index (χ0n) is 14.1. The van der Waals surface area contributed by atoms with Gasteiger partial charge in [0.25, 0.3) is 0 Å². The van der Waals surface area contributed by atoms with Crippen molar-refractivity contribution in [1.29, 1.82) is 0 Å². The third-order valence-electron chi connectivity index (χ3n) is 4.41. The van der Waals surface area contributed by atoms with Crippen LogP contribution in [0.15, 0.2) is 42.5 Å². The van der Waals surface area contributed by atoms with E-state index in [-0.39, 0.29) is 31.1 Å². The van der Waals surface area contributed by atoms with Crippen molar-refractivity contribution in [2.24, 2.45) is 11.7 Å². The summed E-state index contributed by atoms with van der Waals surface area (Å²) in [5.41, 5.74) is 5.54. The van der Waals surface area contributed by atoms with Crippen LogP contribution in [0.5, 0.6) is 5.75 Å². The first kappa shape index (κ1) is 17.7. The van der Waals surface area contributed by atoms with Crippen molar-refractivity contribution in [2.75, 3.05) is 26.3 Å². The highest BCUT2D eigenvalue weighted by molar-refractivity contribution is 5.88. The van der Waals surface area contributed by atoms with E-state index in [4.69, 9.17) is 15.2 Å². The van der Waals surface area contributed by atoms with Crippen LogP contribution in [0.4, 0.5) is 0 Å². The maximum Gasteiger partial charge on any atom is 0.225 e. The molecule has 0 radical (unpaired) electrons. The third kappa shape index (κ3) is 4.48. The van der Waals surface area contributed by atoms with E-state index in [0.717, 1.165) is 16.5 Å². The monoisotopic (exact) mass is 344 g/mol. The Hall–Kier alpha value is -2.15. The van der Waals surface area contributed by atoms with Gasteiger partial charge < -0.3 is 25.6 Å². The minimum Gasteiger partial charge on any atom is -0.490 e. The van der Waals surface area contributed by atoms with Gasteiger partial charge >= 0.3 is 0 Å². The molecule has 3 unspecified atom stereocenters. The number of benzene rings is 2. The number of rotatable bonds is 7. The lowest BCUT2D eigenvalue weighted by Gasteiger charge is -2.16. The molecule has 6 heteroatoms. The molecule has 25 heavy (non-hydrogen) atoms. The maximum absolute atomic E-state index is 12.1. The first-order valence-electron chi connectivity index (χ1n) is 8.55. The largest absolute Gasteiger partial charge is 0.490 e. The van der Waals surface area contributed by atoms with Gasteiger partial charge in [-0.3, -0.25) is 4.79 Å². The summed E-state index contributed by atoms with van der Waals surface area (Å²) in [6.45, 7) is 1.07. The van der Waals surface area contributed by atoms with Gasteiger partial charge in [-0.25, -0.2) is 0 Å². The number of amides is 1. The Morgan fingerprint density at radius 1 is 1.32 bits per heavy atom. The molecule has 0 aromatic heterocycles. The predicted octanol–water partition coefficient (Wildman–Crippen LogP) is 1.06. The number of hydrogen-bond acceptors (Lipinski definition) is 5. The molecule has 134 valence electrons. The van der Waals surface area contributed by atoms with Crippen molar-refractivity contribution in [1.82, 2.24) is 5.32 Å². The van der Waals surface area contributed by atoms with Gasteiger partial charge in [-0.15, -0.1) is 0 Å². The standard InChI is InChI=1S/C19H24N2O4/c20-9-16-8-14(11-24-16)19(23)21-10-15(22)12-25-18-7-3-5-13-4-1-2-6-17(13)18/h1-7,14-16,22H,8-12,20H2,(H,21,23). The fourth-order valence-electron chi connectivity index (χ4n) is 2.98. The van der Waals surface area contributed by atoms with Crippen LogP contribution in [-0.2, 0) is 9.53 Å². The lowest BCUT2D eigenvalue weighted by atomic mass is 10.0. The van der Waals surface area contributed by atoms with Crippen LogP contribution in [0, 0.1) is 5.92 Å². The Bertz CT molecular complexity index is 716. The molecule has 3 atom stereocenters. The summed E-state index contributed by atoms with van der Waals surface area (Å²) in [6, 6.07) is 13.7. The average Bonchev–Trinajstić information content (AvgIpc) is 3.13. The van der Waals surface area contributed by atoms with Gasteiger partial charge in [0, 0.05) is 18.5 Å². The van der Waals surface area contributed by atoms with E-state index >= 15 is 0 Å². The number of ether oxygens (including phenoxy) is 2. The molecule has 0 saturated carbocycles. The van der Waals surface area contributed by atoms with Gasteiger partial charge in [-0.2, -0.15) is 0 Å². The highest BCUT2D eigenvalue weighted by Crippen LogP contribution is 2.25. The second kappa shape index (κ2) is 8.29. The zero-order valence-corrected chi connectivity index (χ0v) is 14.1. The zero-order chi connectivity index (χ0) is 17.6. The lowest BCUT2D eigenvalue weighted by Crippen LogP contribution is -2.38. The molecule has 1 saturated heterocycles. The van der Waals surface area contributed by atoms with Gasteiger partial charge in [0.05, 0.1) is 18.6 Å². The molecule has 0 aliphatic carbocycles. The van der Waals surface area contributed by atoms with E-state index < -0.39 is 6.10 Å². The summed E-state index contributed by atoms with van der Waals surface area (Å²) < 4.78 is 11.1. The van der Waals surface area contributed by atoms with Crippen LogP contribution >= 0.6 is 0 Å². The Balaban J connectivity index is 1.46. The molecule has 0 bridgehead atoms. The van der Waals surface area contributed by atoms with Gasteiger partial charge in [0.1, 0.15) is 18.5 Å². The van der Waals surface area contributed by atoms with Crippen LogP contribution < -0.4 is 15.8 Å². The summed E-state index contributed by atoms with van der Waals surface area (Å²) in [7, 11) is 0. The van der Waals surface area contributed by atoms with Crippen LogP contribution in [0.2, 0.25) is 0 Å². The number of aliphatic hydroxyl groups excluding tert-OH is 1.